The van der Waals surface area contributed by atoms with Gasteiger partial charge < -0.3 is 20.5 Å². The van der Waals surface area contributed by atoms with Crippen LogP contribution in [0.5, 0.6) is 5.75 Å². The molecular formula is C23H30N2O3. The van der Waals surface area contributed by atoms with Crippen LogP contribution in [0.1, 0.15) is 38.9 Å². The van der Waals surface area contributed by atoms with Crippen molar-refractivity contribution in [2.24, 2.45) is 5.92 Å². The molecule has 2 rings (SSSR count). The van der Waals surface area contributed by atoms with Crippen molar-refractivity contribution in [3.63, 3.8) is 0 Å². The molecule has 5 heteroatoms. The van der Waals surface area contributed by atoms with Gasteiger partial charge in [0.05, 0.1) is 11.6 Å². The first-order valence-corrected chi connectivity index (χ1v) is 9.41. The third kappa shape index (κ3) is 5.00. The molecule has 0 amide bonds. The van der Waals surface area contributed by atoms with Gasteiger partial charge in [0.25, 0.3) is 0 Å². The Morgan fingerprint density at radius 2 is 2.00 bits per heavy atom. The predicted octanol–water partition coefficient (Wildman–Crippen LogP) is 3.96. The number of rotatable bonds is 9. The van der Waals surface area contributed by atoms with Gasteiger partial charge in [-0.15, -0.1) is 0 Å². The molecule has 1 aromatic carbocycles. The zero-order valence-electron chi connectivity index (χ0n) is 16.8. The molecule has 1 heterocycles. The van der Waals surface area contributed by atoms with Gasteiger partial charge in [-0.25, -0.2) is 0 Å². The molecule has 5 nitrogen and oxygen atoms in total. The number of pyridine rings is 1. The van der Waals surface area contributed by atoms with E-state index >= 15 is 0 Å². The van der Waals surface area contributed by atoms with Crippen LogP contribution in [0.15, 0.2) is 66.0 Å². The van der Waals surface area contributed by atoms with Crippen LogP contribution in [-0.2, 0) is 0 Å². The SMILES string of the molecule is C=C/C=C(\C=C)CC(C)C(C)(C)NC[C@H](O)c1ccc(O)c2[nH]c(=O)ccc12. The molecule has 2 atom stereocenters. The highest BCUT2D eigenvalue weighted by molar-refractivity contribution is 5.87. The van der Waals surface area contributed by atoms with Gasteiger partial charge in [-0.2, -0.15) is 0 Å². The second-order valence-corrected chi connectivity index (χ2v) is 7.69. The highest BCUT2D eigenvalue weighted by Gasteiger charge is 2.27. The number of hydrogen-bond acceptors (Lipinski definition) is 4. The molecule has 1 aromatic heterocycles. The molecule has 1 unspecified atom stereocenters. The average Bonchev–Trinajstić information content (AvgIpc) is 2.66. The van der Waals surface area contributed by atoms with Gasteiger partial charge in [0, 0.05) is 23.5 Å². The lowest BCUT2D eigenvalue weighted by Gasteiger charge is -2.34. The number of nitrogens with one attached hydrogen (secondary N) is 2. The quantitative estimate of drug-likeness (QED) is 0.495. The fraction of sp³-hybridized carbons (Fsp3) is 0.348. The molecule has 0 radical (unpaired) electrons. The van der Waals surface area contributed by atoms with Crippen LogP contribution in [0.25, 0.3) is 10.9 Å². The summed E-state index contributed by atoms with van der Waals surface area (Å²) in [6, 6.07) is 6.18. The molecule has 28 heavy (non-hydrogen) atoms. The summed E-state index contributed by atoms with van der Waals surface area (Å²) in [5.74, 6) is 0.272. The number of hydrogen-bond donors (Lipinski definition) is 4. The summed E-state index contributed by atoms with van der Waals surface area (Å²) >= 11 is 0. The van der Waals surface area contributed by atoms with Crippen molar-refractivity contribution in [3.8, 4) is 5.75 Å². The van der Waals surface area contributed by atoms with Crippen LogP contribution in [0.4, 0.5) is 0 Å². The van der Waals surface area contributed by atoms with Crippen LogP contribution in [0.3, 0.4) is 0 Å². The van der Waals surface area contributed by atoms with Crippen LogP contribution in [0.2, 0.25) is 0 Å². The fourth-order valence-corrected chi connectivity index (χ4v) is 3.17. The molecule has 2 aromatic rings. The van der Waals surface area contributed by atoms with E-state index in [1.165, 1.54) is 12.1 Å². The third-order valence-corrected chi connectivity index (χ3v) is 5.38. The molecule has 4 N–H and O–H groups in total. The second kappa shape index (κ2) is 9.04. The molecular weight excluding hydrogens is 352 g/mol. The van der Waals surface area contributed by atoms with E-state index in [-0.39, 0.29) is 22.8 Å². The Bertz CT molecular complexity index is 941. The first-order chi connectivity index (χ1) is 13.2. The fourth-order valence-electron chi connectivity index (χ4n) is 3.17. The van der Waals surface area contributed by atoms with E-state index in [0.717, 1.165) is 12.0 Å². The van der Waals surface area contributed by atoms with E-state index in [1.54, 1.807) is 18.2 Å². The number of H-pyrrole nitrogens is 1. The summed E-state index contributed by atoms with van der Waals surface area (Å²) in [4.78, 5) is 14.2. The average molecular weight is 383 g/mol. The van der Waals surface area contributed by atoms with E-state index in [1.807, 2.05) is 12.2 Å². The Morgan fingerprint density at radius 3 is 2.64 bits per heavy atom. The highest BCUT2D eigenvalue weighted by Crippen LogP contribution is 2.30. The van der Waals surface area contributed by atoms with Crippen molar-refractivity contribution in [3.05, 3.63) is 77.1 Å². The molecule has 0 aliphatic rings. The molecule has 0 fully saturated rings. The Balaban J connectivity index is 2.16. The third-order valence-electron chi connectivity index (χ3n) is 5.38. The van der Waals surface area contributed by atoms with Crippen molar-refractivity contribution < 1.29 is 10.2 Å². The van der Waals surface area contributed by atoms with Gasteiger partial charge in [-0.1, -0.05) is 44.4 Å². The monoisotopic (exact) mass is 382 g/mol. The van der Waals surface area contributed by atoms with Gasteiger partial charge in [0.15, 0.2) is 0 Å². The number of aromatic amines is 1. The number of fused-ring (bicyclic) bond motifs is 1. The van der Waals surface area contributed by atoms with Crippen molar-refractivity contribution in [2.75, 3.05) is 6.54 Å². The van der Waals surface area contributed by atoms with E-state index in [0.29, 0.717) is 23.0 Å². The van der Waals surface area contributed by atoms with Crippen molar-refractivity contribution in [2.45, 2.75) is 38.8 Å². The minimum atomic E-state index is -0.789. The number of aromatic nitrogens is 1. The van der Waals surface area contributed by atoms with Crippen LogP contribution < -0.4 is 10.9 Å². The summed E-state index contributed by atoms with van der Waals surface area (Å²) in [6.45, 7) is 14.3. The highest BCUT2D eigenvalue weighted by atomic mass is 16.3. The number of β-amino-alcohol motifs (C(OH)–C–C–N with tert-alkyl or cyclic N) is 1. The molecule has 0 saturated carbocycles. The van der Waals surface area contributed by atoms with Gasteiger partial charge in [-0.05, 0) is 49.5 Å². The van der Waals surface area contributed by atoms with Crippen molar-refractivity contribution >= 4 is 10.9 Å². The number of aliphatic hydroxyl groups is 1. The first kappa shape index (κ1) is 21.7. The Kier molecular flexibility index (Phi) is 7.00. The maximum absolute atomic E-state index is 11.5. The Hall–Kier alpha value is -2.63. The maximum Gasteiger partial charge on any atom is 0.248 e. The van der Waals surface area contributed by atoms with Gasteiger partial charge in [0.2, 0.25) is 5.56 Å². The number of phenolic OH excluding ortho intramolecular Hbond substituents is 1. The van der Waals surface area contributed by atoms with Gasteiger partial charge >= 0.3 is 0 Å². The zero-order chi connectivity index (χ0) is 20.9. The van der Waals surface area contributed by atoms with Crippen LogP contribution >= 0.6 is 0 Å². The summed E-state index contributed by atoms with van der Waals surface area (Å²) in [6.07, 6.45) is 5.61. The van der Waals surface area contributed by atoms with E-state index < -0.39 is 6.10 Å². The largest absolute Gasteiger partial charge is 0.506 e. The van der Waals surface area contributed by atoms with Crippen molar-refractivity contribution in [1.29, 1.82) is 0 Å². The molecule has 0 spiro atoms. The molecule has 150 valence electrons. The first-order valence-electron chi connectivity index (χ1n) is 9.41. The lowest BCUT2D eigenvalue weighted by atomic mass is 9.83. The lowest BCUT2D eigenvalue weighted by molar-refractivity contribution is 0.149. The smallest absolute Gasteiger partial charge is 0.248 e. The minimum absolute atomic E-state index is 0.0171. The standard InChI is InChI=1S/C23H30N2O3/c1-6-8-16(7-2)13-15(3)23(4,5)24-14-20(27)17-9-11-19(26)22-18(17)10-12-21(28)25-22/h6-12,15,20,24,26-27H,1-2,13-14H2,3-5H3,(H,25,28)/b16-8+/t15?,20-/m0/s1. The maximum atomic E-state index is 11.5. The number of phenols is 1. The topological polar surface area (TPSA) is 85.3 Å². The summed E-state index contributed by atoms with van der Waals surface area (Å²) in [7, 11) is 0. The summed E-state index contributed by atoms with van der Waals surface area (Å²) in [5, 5.41) is 24.8. The zero-order valence-corrected chi connectivity index (χ0v) is 16.8. The molecule has 0 bridgehead atoms. The van der Waals surface area contributed by atoms with Gasteiger partial charge in [0.1, 0.15) is 5.75 Å². The number of benzene rings is 1. The van der Waals surface area contributed by atoms with E-state index in [2.05, 4.69) is 44.2 Å². The number of aliphatic hydroxyl groups excluding tert-OH is 1. The molecule has 0 aliphatic carbocycles. The molecule has 0 saturated heterocycles. The number of aromatic hydroxyl groups is 1. The summed E-state index contributed by atoms with van der Waals surface area (Å²) in [5.41, 5.74) is 1.57. The molecule has 0 aliphatic heterocycles. The lowest BCUT2D eigenvalue weighted by Crippen LogP contribution is -2.46. The van der Waals surface area contributed by atoms with Crippen LogP contribution in [-0.4, -0.2) is 27.3 Å². The van der Waals surface area contributed by atoms with Crippen LogP contribution in [0, 0.1) is 5.92 Å². The van der Waals surface area contributed by atoms with Gasteiger partial charge in [-0.3, -0.25) is 4.79 Å². The predicted molar refractivity (Wildman–Crippen MR) is 116 cm³/mol. The Labute approximate surface area is 166 Å². The minimum Gasteiger partial charge on any atom is -0.506 e. The normalized spacial score (nSPS) is 14.6. The number of allylic oxidation sites excluding steroid dienone is 4. The van der Waals surface area contributed by atoms with E-state index in [4.69, 9.17) is 0 Å². The second-order valence-electron chi connectivity index (χ2n) is 7.69. The summed E-state index contributed by atoms with van der Waals surface area (Å²) < 4.78 is 0. The van der Waals surface area contributed by atoms with E-state index in [9.17, 15) is 15.0 Å². The Morgan fingerprint density at radius 1 is 1.29 bits per heavy atom. The van der Waals surface area contributed by atoms with Crippen molar-refractivity contribution in [1.82, 2.24) is 10.3 Å².